The predicted octanol–water partition coefficient (Wildman–Crippen LogP) is 2.79. The van der Waals surface area contributed by atoms with Gasteiger partial charge in [0.25, 0.3) is 0 Å². The molecule has 2 heterocycles. The molecule has 2 aliphatic rings. The minimum absolute atomic E-state index is 1.04. The van der Waals surface area contributed by atoms with E-state index in [9.17, 15) is 0 Å². The first-order chi connectivity index (χ1) is 9.81. The third kappa shape index (κ3) is 3.47. The van der Waals surface area contributed by atoms with Gasteiger partial charge >= 0.3 is 0 Å². The Morgan fingerprint density at radius 2 is 1.95 bits per heavy atom. The van der Waals surface area contributed by atoms with Gasteiger partial charge in [-0.1, -0.05) is 12.1 Å². The molecule has 3 heteroatoms. The molecule has 20 heavy (non-hydrogen) atoms. The number of hydrogen-bond donors (Lipinski definition) is 0. The van der Waals surface area contributed by atoms with Crippen LogP contribution in [0.3, 0.4) is 0 Å². The lowest BCUT2D eigenvalue weighted by molar-refractivity contribution is 0.148. The van der Waals surface area contributed by atoms with E-state index in [0.29, 0.717) is 0 Å². The topological polar surface area (TPSA) is 19.4 Å². The number of piperazine rings is 1. The molecule has 0 unspecified atom stereocenters. The smallest absolute Gasteiger partial charge is 0.0658 e. The van der Waals surface area contributed by atoms with Gasteiger partial charge in [0.2, 0.25) is 0 Å². The third-order valence-electron chi connectivity index (χ3n) is 4.45. The van der Waals surface area contributed by atoms with E-state index in [4.69, 9.17) is 0 Å². The number of likely N-dealkylation sites (N-methyl/N-ethyl adjacent to an activating group) is 1. The van der Waals surface area contributed by atoms with Gasteiger partial charge in [0.15, 0.2) is 0 Å². The minimum atomic E-state index is 1.04. The fraction of sp³-hybridized carbons (Fsp3) is 0.588. The van der Waals surface area contributed by atoms with Crippen molar-refractivity contribution in [2.24, 2.45) is 0 Å². The standard InChI is InChI=1S/C17H25N3/c1-19-9-11-20(12-10-19)14-15-7-8-17(18-13-15)16-5-3-2-4-6-16/h5,7-8,13H,2-4,6,9-12,14H2,1H3. The predicted molar refractivity (Wildman–Crippen MR) is 83.5 cm³/mol. The molecular weight excluding hydrogens is 246 g/mol. The Kier molecular flexibility index (Phi) is 4.48. The minimum Gasteiger partial charge on any atom is -0.304 e. The van der Waals surface area contributed by atoms with Gasteiger partial charge in [0.05, 0.1) is 5.69 Å². The first kappa shape index (κ1) is 13.8. The lowest BCUT2D eigenvalue weighted by Gasteiger charge is -2.32. The fourth-order valence-corrected chi connectivity index (χ4v) is 3.04. The number of hydrogen-bond acceptors (Lipinski definition) is 3. The normalized spacial score (nSPS) is 21.8. The van der Waals surface area contributed by atoms with Crippen LogP contribution in [0.4, 0.5) is 0 Å². The highest BCUT2D eigenvalue weighted by atomic mass is 15.2. The molecule has 0 N–H and O–H groups in total. The highest BCUT2D eigenvalue weighted by Crippen LogP contribution is 2.25. The summed E-state index contributed by atoms with van der Waals surface area (Å²) in [7, 11) is 2.20. The summed E-state index contributed by atoms with van der Waals surface area (Å²) in [6.45, 7) is 5.74. The number of nitrogens with zero attached hydrogens (tertiary/aromatic N) is 3. The molecule has 0 saturated carbocycles. The molecule has 1 fully saturated rings. The number of aromatic nitrogens is 1. The van der Waals surface area contributed by atoms with Gasteiger partial charge in [-0.05, 0) is 49.9 Å². The zero-order valence-corrected chi connectivity index (χ0v) is 12.5. The Hall–Kier alpha value is -1.19. The second-order valence-electron chi connectivity index (χ2n) is 6.11. The van der Waals surface area contributed by atoms with E-state index < -0.39 is 0 Å². The van der Waals surface area contributed by atoms with Crippen LogP contribution in [-0.2, 0) is 6.54 Å². The molecule has 1 aliphatic heterocycles. The van der Waals surface area contributed by atoms with Crippen LogP contribution < -0.4 is 0 Å². The number of allylic oxidation sites excluding steroid dienone is 2. The molecule has 108 valence electrons. The third-order valence-corrected chi connectivity index (χ3v) is 4.45. The summed E-state index contributed by atoms with van der Waals surface area (Å²) in [5, 5.41) is 0. The van der Waals surface area contributed by atoms with Crippen LogP contribution >= 0.6 is 0 Å². The monoisotopic (exact) mass is 271 g/mol. The highest BCUT2D eigenvalue weighted by Gasteiger charge is 2.14. The first-order valence-corrected chi connectivity index (χ1v) is 7.86. The van der Waals surface area contributed by atoms with Crippen LogP contribution in [0.5, 0.6) is 0 Å². The molecule has 1 saturated heterocycles. The van der Waals surface area contributed by atoms with E-state index in [1.807, 2.05) is 0 Å². The summed E-state index contributed by atoms with van der Waals surface area (Å²) >= 11 is 0. The van der Waals surface area contributed by atoms with Crippen molar-refractivity contribution < 1.29 is 0 Å². The van der Waals surface area contributed by atoms with Crippen molar-refractivity contribution in [1.82, 2.24) is 14.8 Å². The largest absolute Gasteiger partial charge is 0.304 e. The van der Waals surface area contributed by atoms with E-state index in [0.717, 1.165) is 6.54 Å². The maximum absolute atomic E-state index is 4.68. The summed E-state index contributed by atoms with van der Waals surface area (Å²) in [6, 6.07) is 4.47. The molecule has 0 radical (unpaired) electrons. The lowest BCUT2D eigenvalue weighted by Crippen LogP contribution is -2.43. The summed E-state index contributed by atoms with van der Waals surface area (Å²) in [5.74, 6) is 0. The number of rotatable bonds is 3. The van der Waals surface area contributed by atoms with Crippen LogP contribution in [0.2, 0.25) is 0 Å². The zero-order chi connectivity index (χ0) is 13.8. The second-order valence-corrected chi connectivity index (χ2v) is 6.11. The molecule has 0 atom stereocenters. The Morgan fingerprint density at radius 3 is 2.60 bits per heavy atom. The van der Waals surface area contributed by atoms with Gasteiger partial charge in [-0.3, -0.25) is 9.88 Å². The fourth-order valence-electron chi connectivity index (χ4n) is 3.04. The lowest BCUT2D eigenvalue weighted by atomic mass is 9.97. The van der Waals surface area contributed by atoms with Crippen molar-refractivity contribution in [2.45, 2.75) is 32.2 Å². The van der Waals surface area contributed by atoms with E-state index in [2.05, 4.69) is 46.2 Å². The van der Waals surface area contributed by atoms with Crippen molar-refractivity contribution >= 4 is 5.57 Å². The Bertz CT molecular complexity index is 456. The molecule has 1 aliphatic carbocycles. The van der Waals surface area contributed by atoms with Crippen molar-refractivity contribution in [3.05, 3.63) is 35.7 Å². The summed E-state index contributed by atoms with van der Waals surface area (Å²) in [4.78, 5) is 9.60. The molecule has 0 amide bonds. The molecule has 1 aromatic rings. The molecule has 0 bridgehead atoms. The van der Waals surface area contributed by atoms with Gasteiger partial charge in [-0.25, -0.2) is 0 Å². The second kappa shape index (κ2) is 6.51. The van der Waals surface area contributed by atoms with Crippen LogP contribution in [0.15, 0.2) is 24.4 Å². The first-order valence-electron chi connectivity index (χ1n) is 7.86. The molecule has 1 aromatic heterocycles. The summed E-state index contributed by atoms with van der Waals surface area (Å²) < 4.78 is 0. The quantitative estimate of drug-likeness (QED) is 0.842. The van der Waals surface area contributed by atoms with Crippen molar-refractivity contribution in [3.8, 4) is 0 Å². The Morgan fingerprint density at radius 1 is 1.10 bits per heavy atom. The van der Waals surface area contributed by atoms with Crippen LogP contribution in [0.25, 0.3) is 5.57 Å². The van der Waals surface area contributed by atoms with E-state index in [1.165, 1.54) is 68.7 Å². The SMILES string of the molecule is CN1CCN(Cc2ccc(C3=CCCCC3)nc2)CC1. The maximum Gasteiger partial charge on any atom is 0.0658 e. The maximum atomic E-state index is 4.68. The zero-order valence-electron chi connectivity index (χ0n) is 12.5. The summed E-state index contributed by atoms with van der Waals surface area (Å²) in [5.41, 5.74) is 3.98. The highest BCUT2D eigenvalue weighted by molar-refractivity contribution is 5.63. The Balaban J connectivity index is 1.60. The van der Waals surface area contributed by atoms with Gasteiger partial charge in [0, 0.05) is 38.9 Å². The van der Waals surface area contributed by atoms with Gasteiger partial charge in [0.1, 0.15) is 0 Å². The van der Waals surface area contributed by atoms with E-state index >= 15 is 0 Å². The van der Waals surface area contributed by atoms with Crippen LogP contribution in [0.1, 0.15) is 36.9 Å². The van der Waals surface area contributed by atoms with Gasteiger partial charge in [-0.2, -0.15) is 0 Å². The molecular formula is C17H25N3. The van der Waals surface area contributed by atoms with Crippen molar-refractivity contribution in [3.63, 3.8) is 0 Å². The van der Waals surface area contributed by atoms with E-state index in [1.54, 1.807) is 0 Å². The molecule has 3 rings (SSSR count). The number of pyridine rings is 1. The molecule has 0 aromatic carbocycles. The molecule has 0 spiro atoms. The average molecular weight is 271 g/mol. The van der Waals surface area contributed by atoms with Gasteiger partial charge < -0.3 is 4.90 Å². The Labute approximate surface area is 122 Å². The van der Waals surface area contributed by atoms with Crippen molar-refractivity contribution in [1.29, 1.82) is 0 Å². The average Bonchev–Trinajstić information content (AvgIpc) is 2.51. The molecule has 3 nitrogen and oxygen atoms in total. The van der Waals surface area contributed by atoms with Gasteiger partial charge in [-0.15, -0.1) is 0 Å². The van der Waals surface area contributed by atoms with Crippen LogP contribution in [0, 0.1) is 0 Å². The van der Waals surface area contributed by atoms with Crippen molar-refractivity contribution in [2.75, 3.05) is 33.2 Å². The van der Waals surface area contributed by atoms with Crippen LogP contribution in [-0.4, -0.2) is 48.0 Å². The van der Waals surface area contributed by atoms with E-state index in [-0.39, 0.29) is 0 Å². The summed E-state index contributed by atoms with van der Waals surface area (Å²) in [6.07, 6.45) is 9.52.